The molecular weight excluding hydrogens is 238 g/mol. The number of oxazole rings is 1. The van der Waals surface area contributed by atoms with Crippen molar-refractivity contribution >= 4 is 0 Å². The number of hydrogen-bond donors (Lipinski definition) is 0. The third-order valence-electron chi connectivity index (χ3n) is 3.71. The SMILES string of the molecule is c1ccc([C@H]2Cc3nccn3C2)c(-c2ncco2)c1. The molecule has 19 heavy (non-hydrogen) atoms. The van der Waals surface area contributed by atoms with Gasteiger partial charge in [-0.1, -0.05) is 18.2 Å². The number of imidazole rings is 1. The minimum atomic E-state index is 0.451. The van der Waals surface area contributed by atoms with Crippen molar-refractivity contribution in [3.8, 4) is 11.5 Å². The van der Waals surface area contributed by atoms with Gasteiger partial charge in [-0.15, -0.1) is 0 Å². The maximum Gasteiger partial charge on any atom is 0.226 e. The first-order valence-electron chi connectivity index (χ1n) is 6.40. The predicted molar refractivity (Wildman–Crippen MR) is 70.6 cm³/mol. The molecule has 0 saturated carbocycles. The molecule has 2 aromatic heterocycles. The Balaban J connectivity index is 1.75. The first kappa shape index (κ1) is 10.6. The lowest BCUT2D eigenvalue weighted by Crippen LogP contribution is -2.02. The summed E-state index contributed by atoms with van der Waals surface area (Å²) in [7, 11) is 0. The van der Waals surface area contributed by atoms with Gasteiger partial charge in [-0.25, -0.2) is 9.97 Å². The normalized spacial score (nSPS) is 17.6. The molecule has 0 aliphatic carbocycles. The molecule has 94 valence electrons. The van der Waals surface area contributed by atoms with Gasteiger partial charge in [0.2, 0.25) is 5.89 Å². The van der Waals surface area contributed by atoms with Crippen LogP contribution in [-0.2, 0) is 13.0 Å². The largest absolute Gasteiger partial charge is 0.445 e. The number of aromatic nitrogens is 3. The van der Waals surface area contributed by atoms with Gasteiger partial charge in [0.15, 0.2) is 0 Å². The van der Waals surface area contributed by atoms with Gasteiger partial charge in [-0.05, 0) is 11.6 Å². The summed E-state index contributed by atoms with van der Waals surface area (Å²) in [5.41, 5.74) is 2.37. The van der Waals surface area contributed by atoms with Crippen molar-refractivity contribution in [2.75, 3.05) is 0 Å². The smallest absolute Gasteiger partial charge is 0.226 e. The lowest BCUT2D eigenvalue weighted by atomic mass is 9.93. The van der Waals surface area contributed by atoms with Crippen LogP contribution >= 0.6 is 0 Å². The quantitative estimate of drug-likeness (QED) is 0.703. The average Bonchev–Trinajstić information content (AvgIpc) is 3.15. The standard InChI is InChI=1S/C15H13N3O/c1-2-4-13(15-17-6-8-19-15)12(3-1)11-9-14-16-5-7-18(14)10-11/h1-8,11H,9-10H2/t11-/m0/s1. The number of hydrogen-bond acceptors (Lipinski definition) is 3. The van der Waals surface area contributed by atoms with Crippen LogP contribution in [0.25, 0.3) is 11.5 Å². The molecule has 1 aliphatic rings. The van der Waals surface area contributed by atoms with Gasteiger partial charge in [-0.3, -0.25) is 0 Å². The second-order valence-corrected chi connectivity index (χ2v) is 4.82. The average molecular weight is 251 g/mol. The van der Waals surface area contributed by atoms with Crippen molar-refractivity contribution in [3.05, 3.63) is 60.5 Å². The van der Waals surface area contributed by atoms with E-state index in [1.165, 1.54) is 5.56 Å². The van der Waals surface area contributed by atoms with E-state index in [-0.39, 0.29) is 0 Å². The molecule has 0 radical (unpaired) electrons. The third-order valence-corrected chi connectivity index (χ3v) is 3.71. The maximum absolute atomic E-state index is 5.44. The zero-order valence-electron chi connectivity index (χ0n) is 10.4. The lowest BCUT2D eigenvalue weighted by Gasteiger charge is -2.12. The summed E-state index contributed by atoms with van der Waals surface area (Å²) in [5.74, 6) is 2.30. The lowest BCUT2D eigenvalue weighted by molar-refractivity contribution is 0.571. The minimum Gasteiger partial charge on any atom is -0.445 e. The van der Waals surface area contributed by atoms with Crippen LogP contribution in [0.5, 0.6) is 0 Å². The molecule has 0 spiro atoms. The van der Waals surface area contributed by atoms with E-state index in [2.05, 4.69) is 32.7 Å². The molecule has 0 amide bonds. The van der Waals surface area contributed by atoms with Crippen LogP contribution in [0.4, 0.5) is 0 Å². The molecule has 3 heterocycles. The Bertz CT molecular complexity index is 679. The van der Waals surface area contributed by atoms with Crippen molar-refractivity contribution in [3.63, 3.8) is 0 Å². The second-order valence-electron chi connectivity index (χ2n) is 4.82. The fourth-order valence-corrected chi connectivity index (χ4v) is 2.83. The summed E-state index contributed by atoms with van der Waals surface area (Å²) in [5, 5.41) is 0. The molecule has 4 heteroatoms. The highest BCUT2D eigenvalue weighted by Crippen LogP contribution is 2.34. The third kappa shape index (κ3) is 1.68. The second kappa shape index (κ2) is 4.09. The van der Waals surface area contributed by atoms with Crippen LogP contribution in [0.2, 0.25) is 0 Å². The van der Waals surface area contributed by atoms with E-state index in [4.69, 9.17) is 4.42 Å². The van der Waals surface area contributed by atoms with Crippen molar-refractivity contribution < 1.29 is 4.42 Å². The van der Waals surface area contributed by atoms with E-state index in [0.29, 0.717) is 11.8 Å². The minimum absolute atomic E-state index is 0.451. The first-order chi connectivity index (χ1) is 9.42. The summed E-state index contributed by atoms with van der Waals surface area (Å²) in [4.78, 5) is 8.66. The van der Waals surface area contributed by atoms with Crippen LogP contribution < -0.4 is 0 Å². The van der Waals surface area contributed by atoms with E-state index in [1.807, 2.05) is 18.5 Å². The van der Waals surface area contributed by atoms with Gasteiger partial charge in [0.05, 0.1) is 6.20 Å². The Kier molecular flexibility index (Phi) is 2.27. The monoisotopic (exact) mass is 251 g/mol. The predicted octanol–water partition coefficient (Wildman–Crippen LogP) is 2.88. The highest BCUT2D eigenvalue weighted by molar-refractivity contribution is 5.59. The molecule has 0 N–H and O–H groups in total. The fourth-order valence-electron chi connectivity index (χ4n) is 2.83. The van der Waals surface area contributed by atoms with Crippen LogP contribution in [0.1, 0.15) is 17.3 Å². The number of nitrogens with zero attached hydrogens (tertiary/aromatic N) is 3. The van der Waals surface area contributed by atoms with Crippen molar-refractivity contribution in [1.82, 2.24) is 14.5 Å². The van der Waals surface area contributed by atoms with E-state index >= 15 is 0 Å². The van der Waals surface area contributed by atoms with Crippen LogP contribution in [0.15, 0.2) is 53.5 Å². The summed E-state index contributed by atoms with van der Waals surface area (Å²) >= 11 is 0. The van der Waals surface area contributed by atoms with E-state index in [9.17, 15) is 0 Å². The maximum atomic E-state index is 5.44. The molecular formula is C15H13N3O. The van der Waals surface area contributed by atoms with E-state index in [1.54, 1.807) is 12.5 Å². The Hall–Kier alpha value is -2.36. The molecule has 0 fully saturated rings. The number of fused-ring (bicyclic) bond motifs is 1. The van der Waals surface area contributed by atoms with E-state index < -0.39 is 0 Å². The molecule has 3 aromatic rings. The fraction of sp³-hybridized carbons (Fsp3) is 0.200. The molecule has 4 rings (SSSR count). The van der Waals surface area contributed by atoms with Gasteiger partial charge in [0, 0.05) is 36.8 Å². The zero-order valence-corrected chi connectivity index (χ0v) is 10.4. The Morgan fingerprint density at radius 2 is 2.11 bits per heavy atom. The summed E-state index contributed by atoms with van der Waals surface area (Å²) < 4.78 is 7.66. The zero-order chi connectivity index (χ0) is 12.7. The van der Waals surface area contributed by atoms with Gasteiger partial charge in [-0.2, -0.15) is 0 Å². The molecule has 1 aliphatic heterocycles. The van der Waals surface area contributed by atoms with Gasteiger partial charge in [0.1, 0.15) is 12.1 Å². The van der Waals surface area contributed by atoms with Crippen LogP contribution in [0.3, 0.4) is 0 Å². The van der Waals surface area contributed by atoms with Crippen molar-refractivity contribution in [2.24, 2.45) is 0 Å². The highest BCUT2D eigenvalue weighted by Gasteiger charge is 2.26. The molecule has 1 atom stereocenters. The molecule has 4 nitrogen and oxygen atoms in total. The van der Waals surface area contributed by atoms with Crippen molar-refractivity contribution in [2.45, 2.75) is 18.9 Å². The van der Waals surface area contributed by atoms with Gasteiger partial charge in [0.25, 0.3) is 0 Å². The summed E-state index contributed by atoms with van der Waals surface area (Å²) in [6, 6.07) is 8.33. The topological polar surface area (TPSA) is 43.9 Å². The van der Waals surface area contributed by atoms with Gasteiger partial charge >= 0.3 is 0 Å². The summed E-state index contributed by atoms with van der Waals surface area (Å²) in [6.07, 6.45) is 8.19. The summed E-state index contributed by atoms with van der Waals surface area (Å²) in [6.45, 7) is 0.979. The first-order valence-corrected chi connectivity index (χ1v) is 6.40. The molecule has 1 aromatic carbocycles. The Morgan fingerprint density at radius 1 is 1.16 bits per heavy atom. The van der Waals surface area contributed by atoms with Crippen molar-refractivity contribution in [1.29, 1.82) is 0 Å². The highest BCUT2D eigenvalue weighted by atomic mass is 16.3. The Labute approximate surface area is 110 Å². The Morgan fingerprint density at radius 3 is 2.95 bits per heavy atom. The molecule has 0 bridgehead atoms. The number of benzene rings is 1. The van der Waals surface area contributed by atoms with E-state index in [0.717, 1.165) is 24.4 Å². The molecule has 0 unspecified atom stereocenters. The molecule has 0 saturated heterocycles. The van der Waals surface area contributed by atoms with Crippen LogP contribution in [-0.4, -0.2) is 14.5 Å². The van der Waals surface area contributed by atoms with Gasteiger partial charge < -0.3 is 8.98 Å². The van der Waals surface area contributed by atoms with Crippen LogP contribution in [0, 0.1) is 0 Å². The number of rotatable bonds is 2.